The summed E-state index contributed by atoms with van der Waals surface area (Å²) in [7, 11) is 0. The standard InChI is InChI=1S/C18H13Cl2N5/c19-14-6-8-15(9-7-14)25-12-21-18(20)17(25)11-24-10-16(22-23-24)13-4-2-1-3-5-13/h1-10,12H,11H2. The van der Waals surface area contributed by atoms with Crippen LogP contribution >= 0.6 is 23.2 Å². The summed E-state index contributed by atoms with van der Waals surface area (Å²) in [5, 5.41) is 9.55. The predicted molar refractivity (Wildman–Crippen MR) is 98.1 cm³/mol. The summed E-state index contributed by atoms with van der Waals surface area (Å²) in [6.45, 7) is 0.460. The number of aromatic nitrogens is 5. The number of imidazole rings is 1. The van der Waals surface area contributed by atoms with Gasteiger partial charge < -0.3 is 0 Å². The van der Waals surface area contributed by atoms with Gasteiger partial charge in [-0.25, -0.2) is 9.67 Å². The fourth-order valence-corrected chi connectivity index (χ4v) is 2.91. The molecule has 0 N–H and O–H groups in total. The van der Waals surface area contributed by atoms with E-state index < -0.39 is 0 Å². The first-order chi connectivity index (χ1) is 12.2. The van der Waals surface area contributed by atoms with Gasteiger partial charge in [-0.05, 0) is 24.3 Å². The maximum Gasteiger partial charge on any atom is 0.152 e. The van der Waals surface area contributed by atoms with Crippen LogP contribution in [-0.4, -0.2) is 24.5 Å². The van der Waals surface area contributed by atoms with Gasteiger partial charge >= 0.3 is 0 Å². The second-order valence-electron chi connectivity index (χ2n) is 5.50. The molecular weight excluding hydrogens is 357 g/mol. The molecule has 0 aliphatic rings. The maximum absolute atomic E-state index is 6.28. The third kappa shape index (κ3) is 3.29. The van der Waals surface area contributed by atoms with Crippen molar-refractivity contribution in [2.45, 2.75) is 6.54 Å². The normalized spacial score (nSPS) is 11.0. The summed E-state index contributed by atoms with van der Waals surface area (Å²) in [4.78, 5) is 4.21. The van der Waals surface area contributed by atoms with Crippen LogP contribution < -0.4 is 0 Å². The van der Waals surface area contributed by atoms with Crippen LogP contribution in [0.5, 0.6) is 0 Å². The largest absolute Gasteiger partial charge is 0.300 e. The van der Waals surface area contributed by atoms with Crippen molar-refractivity contribution in [3.63, 3.8) is 0 Å². The Kier molecular flexibility index (Phi) is 4.26. The predicted octanol–water partition coefficient (Wildman–Crippen LogP) is 4.49. The van der Waals surface area contributed by atoms with E-state index in [2.05, 4.69) is 15.3 Å². The van der Waals surface area contributed by atoms with E-state index in [1.165, 1.54) is 0 Å². The zero-order valence-corrected chi connectivity index (χ0v) is 14.6. The highest BCUT2D eigenvalue weighted by Crippen LogP contribution is 2.22. The van der Waals surface area contributed by atoms with Crippen molar-refractivity contribution in [2.75, 3.05) is 0 Å². The fourth-order valence-electron chi connectivity index (χ4n) is 2.59. The topological polar surface area (TPSA) is 48.5 Å². The second kappa shape index (κ2) is 6.70. The highest BCUT2D eigenvalue weighted by atomic mass is 35.5. The lowest BCUT2D eigenvalue weighted by molar-refractivity contribution is 0.631. The van der Waals surface area contributed by atoms with Crippen LogP contribution in [-0.2, 0) is 6.54 Å². The van der Waals surface area contributed by atoms with Gasteiger partial charge in [0.1, 0.15) is 12.0 Å². The molecular formula is C18H13Cl2N5. The van der Waals surface area contributed by atoms with Crippen LogP contribution in [0.1, 0.15) is 5.69 Å². The Balaban J connectivity index is 1.65. The van der Waals surface area contributed by atoms with Crippen molar-refractivity contribution in [1.29, 1.82) is 0 Å². The summed E-state index contributed by atoms with van der Waals surface area (Å²) < 4.78 is 3.67. The molecule has 0 aliphatic carbocycles. The van der Waals surface area contributed by atoms with Crippen molar-refractivity contribution in [2.24, 2.45) is 0 Å². The number of benzene rings is 2. The average molecular weight is 370 g/mol. The first-order valence-corrected chi connectivity index (χ1v) is 8.39. The fraction of sp³-hybridized carbons (Fsp3) is 0.0556. The van der Waals surface area contributed by atoms with Crippen molar-refractivity contribution in [1.82, 2.24) is 24.5 Å². The van der Waals surface area contributed by atoms with E-state index in [0.29, 0.717) is 16.7 Å². The highest BCUT2D eigenvalue weighted by Gasteiger charge is 2.13. The second-order valence-corrected chi connectivity index (χ2v) is 6.29. The lowest BCUT2D eigenvalue weighted by Gasteiger charge is -2.08. The van der Waals surface area contributed by atoms with Crippen molar-refractivity contribution >= 4 is 23.2 Å². The van der Waals surface area contributed by atoms with Gasteiger partial charge in [-0.1, -0.05) is 58.7 Å². The van der Waals surface area contributed by atoms with Gasteiger partial charge in [-0.15, -0.1) is 5.10 Å². The van der Waals surface area contributed by atoms with Crippen LogP contribution in [0, 0.1) is 0 Å². The van der Waals surface area contributed by atoms with Crippen LogP contribution in [0.15, 0.2) is 67.1 Å². The smallest absolute Gasteiger partial charge is 0.152 e. The lowest BCUT2D eigenvalue weighted by atomic mass is 10.2. The minimum Gasteiger partial charge on any atom is -0.300 e. The summed E-state index contributed by atoms with van der Waals surface area (Å²) in [5.41, 5.74) is 3.59. The van der Waals surface area contributed by atoms with Crippen LogP contribution in [0.3, 0.4) is 0 Å². The van der Waals surface area contributed by atoms with Crippen LogP contribution in [0.4, 0.5) is 0 Å². The molecule has 4 aromatic rings. The minimum absolute atomic E-state index is 0.437. The van der Waals surface area contributed by atoms with Gasteiger partial charge in [0.2, 0.25) is 0 Å². The number of nitrogens with zero attached hydrogens (tertiary/aromatic N) is 5. The van der Waals surface area contributed by atoms with Crippen molar-refractivity contribution < 1.29 is 0 Å². The SMILES string of the molecule is Clc1ccc(-n2cnc(Cl)c2Cn2cc(-c3ccccc3)nn2)cc1. The molecule has 0 saturated carbocycles. The summed E-state index contributed by atoms with van der Waals surface area (Å²) in [6.07, 6.45) is 3.58. The number of halogens is 2. The molecule has 5 nitrogen and oxygen atoms in total. The average Bonchev–Trinajstić information content (AvgIpc) is 3.25. The summed E-state index contributed by atoms with van der Waals surface area (Å²) >= 11 is 12.2. The van der Waals surface area contributed by atoms with Gasteiger partial charge in [-0.2, -0.15) is 0 Å². The molecule has 0 bridgehead atoms. The molecule has 0 radical (unpaired) electrons. The Hall–Kier alpha value is -2.63. The van der Waals surface area contributed by atoms with E-state index in [0.717, 1.165) is 22.6 Å². The van der Waals surface area contributed by atoms with Crippen molar-refractivity contribution in [3.05, 3.63) is 83.0 Å². The number of rotatable bonds is 4. The molecule has 0 spiro atoms. The van der Waals surface area contributed by atoms with E-state index in [-0.39, 0.29) is 0 Å². The highest BCUT2D eigenvalue weighted by molar-refractivity contribution is 6.30. The zero-order chi connectivity index (χ0) is 17.2. The summed E-state index contributed by atoms with van der Waals surface area (Å²) in [6, 6.07) is 17.4. The molecule has 7 heteroatoms. The molecule has 4 rings (SSSR count). The quantitative estimate of drug-likeness (QED) is 0.532. The van der Waals surface area contributed by atoms with Crippen LogP contribution in [0.2, 0.25) is 10.2 Å². The Morgan fingerprint density at radius 2 is 1.68 bits per heavy atom. The molecule has 2 aromatic carbocycles. The number of hydrogen-bond donors (Lipinski definition) is 0. The number of hydrogen-bond acceptors (Lipinski definition) is 3. The van der Waals surface area contributed by atoms with Gasteiger partial charge in [0, 0.05) is 16.3 Å². The lowest BCUT2D eigenvalue weighted by Crippen LogP contribution is -2.07. The van der Waals surface area contributed by atoms with E-state index in [1.807, 2.05) is 65.4 Å². The van der Waals surface area contributed by atoms with E-state index in [1.54, 1.807) is 11.0 Å². The Morgan fingerprint density at radius 1 is 0.920 bits per heavy atom. The molecule has 0 amide bonds. The third-order valence-corrected chi connectivity index (χ3v) is 4.41. The first-order valence-electron chi connectivity index (χ1n) is 7.64. The molecule has 25 heavy (non-hydrogen) atoms. The van der Waals surface area contributed by atoms with E-state index in [4.69, 9.17) is 23.2 Å². The molecule has 0 unspecified atom stereocenters. The van der Waals surface area contributed by atoms with Gasteiger partial charge in [0.05, 0.1) is 18.4 Å². The maximum atomic E-state index is 6.28. The van der Waals surface area contributed by atoms with E-state index >= 15 is 0 Å². The monoisotopic (exact) mass is 369 g/mol. The first kappa shape index (κ1) is 15.9. The minimum atomic E-state index is 0.437. The molecule has 2 heterocycles. The third-order valence-electron chi connectivity index (χ3n) is 3.84. The Morgan fingerprint density at radius 3 is 2.44 bits per heavy atom. The van der Waals surface area contributed by atoms with Gasteiger partial charge in [0.25, 0.3) is 0 Å². The Bertz CT molecular complexity index is 990. The van der Waals surface area contributed by atoms with Gasteiger partial charge in [-0.3, -0.25) is 4.57 Å². The van der Waals surface area contributed by atoms with Crippen molar-refractivity contribution in [3.8, 4) is 16.9 Å². The van der Waals surface area contributed by atoms with E-state index in [9.17, 15) is 0 Å². The molecule has 0 aliphatic heterocycles. The van der Waals surface area contributed by atoms with Gasteiger partial charge in [0.15, 0.2) is 5.15 Å². The molecule has 2 aromatic heterocycles. The summed E-state index contributed by atoms with van der Waals surface area (Å²) in [5.74, 6) is 0. The molecule has 0 fully saturated rings. The zero-order valence-electron chi connectivity index (χ0n) is 13.0. The molecule has 0 atom stereocenters. The van der Waals surface area contributed by atoms with Crippen LogP contribution in [0.25, 0.3) is 16.9 Å². The molecule has 0 saturated heterocycles. The molecule has 124 valence electrons. The Labute approximate surface area is 154 Å².